The summed E-state index contributed by atoms with van der Waals surface area (Å²) in [6, 6.07) is 6.58. The van der Waals surface area contributed by atoms with Crippen molar-refractivity contribution in [2.75, 3.05) is 25.5 Å². The number of pyridine rings is 1. The molecule has 0 saturated carbocycles. The molecule has 0 spiro atoms. The van der Waals surface area contributed by atoms with Crippen LogP contribution in [0.15, 0.2) is 46.1 Å². The van der Waals surface area contributed by atoms with Crippen LogP contribution in [0.1, 0.15) is 11.3 Å². The molecule has 1 aliphatic rings. The van der Waals surface area contributed by atoms with Gasteiger partial charge in [0.25, 0.3) is 10.0 Å². The molecule has 0 saturated heterocycles. The zero-order valence-corrected chi connectivity index (χ0v) is 18.0. The van der Waals surface area contributed by atoms with Gasteiger partial charge in [0, 0.05) is 30.9 Å². The molecule has 12 heteroatoms. The van der Waals surface area contributed by atoms with Gasteiger partial charge in [-0.1, -0.05) is 5.16 Å². The number of nitrogens with one attached hydrogen (secondary N) is 1. The third kappa shape index (κ3) is 3.47. The monoisotopic (exact) mass is 457 g/mol. The first-order valence-electron chi connectivity index (χ1n) is 9.66. The lowest BCUT2D eigenvalue weighted by Crippen LogP contribution is -2.15. The number of benzene rings is 1. The Kier molecular flexibility index (Phi) is 4.85. The summed E-state index contributed by atoms with van der Waals surface area (Å²) in [6.45, 7) is 0.878. The first-order chi connectivity index (χ1) is 15.5. The molecule has 1 N–H and O–H groups in total. The smallest absolute Gasteiger partial charge is 0.266 e. The van der Waals surface area contributed by atoms with Gasteiger partial charge in [-0.2, -0.15) is 5.10 Å². The molecule has 0 bridgehead atoms. The lowest BCUT2D eigenvalue weighted by Gasteiger charge is -2.12. The van der Waals surface area contributed by atoms with Crippen molar-refractivity contribution in [2.45, 2.75) is 17.9 Å². The third-order valence-corrected chi connectivity index (χ3v) is 6.41. The molecule has 4 heterocycles. The van der Waals surface area contributed by atoms with Crippen molar-refractivity contribution >= 4 is 26.8 Å². The molecule has 3 aromatic heterocycles. The van der Waals surface area contributed by atoms with Gasteiger partial charge in [-0.3, -0.25) is 9.40 Å². The summed E-state index contributed by atoms with van der Waals surface area (Å²) in [5.74, 6) is 0.924. The summed E-state index contributed by atoms with van der Waals surface area (Å²) < 4.78 is 52.2. The van der Waals surface area contributed by atoms with Crippen LogP contribution < -0.4 is 18.9 Å². The number of aromatic nitrogens is 4. The van der Waals surface area contributed by atoms with Gasteiger partial charge in [0.05, 0.1) is 33.1 Å². The minimum Gasteiger partial charge on any atom is -0.495 e. The molecule has 166 valence electrons. The molecule has 0 aliphatic carbocycles. The van der Waals surface area contributed by atoms with Crippen molar-refractivity contribution in [2.24, 2.45) is 0 Å². The Morgan fingerprint density at radius 2 is 2.09 bits per heavy atom. The fourth-order valence-corrected chi connectivity index (χ4v) is 4.78. The maximum absolute atomic E-state index is 13.2. The molecular formula is C20H19N5O6S. The number of anilines is 1. The van der Waals surface area contributed by atoms with Crippen LogP contribution in [0.3, 0.4) is 0 Å². The molecule has 4 aromatic rings. The summed E-state index contributed by atoms with van der Waals surface area (Å²) in [5.41, 5.74) is 1.73. The van der Waals surface area contributed by atoms with E-state index in [0.717, 1.165) is 5.56 Å². The second kappa shape index (κ2) is 7.71. The standard InChI is InChI=1S/C20H19N5O6S/c1-28-15-10-14-12(4-7-30-14)8-17(15)32(26,27)24-19-18-16(31-23-19)9-13(22-20(18)29-2)11-25-6-3-5-21-25/h3,5-6,8-10H,4,7,11H2,1-2H3,(H,23,24). The number of methoxy groups -OCH3 is 2. The molecule has 11 nitrogen and oxygen atoms in total. The third-order valence-electron chi connectivity index (χ3n) is 5.05. The van der Waals surface area contributed by atoms with Gasteiger partial charge >= 0.3 is 0 Å². The number of sulfonamides is 1. The van der Waals surface area contributed by atoms with Crippen molar-refractivity contribution in [3.63, 3.8) is 0 Å². The highest BCUT2D eigenvalue weighted by Crippen LogP contribution is 2.37. The summed E-state index contributed by atoms with van der Waals surface area (Å²) in [7, 11) is -1.23. The van der Waals surface area contributed by atoms with Gasteiger partial charge in [-0.15, -0.1) is 0 Å². The number of hydrogen-bond acceptors (Lipinski definition) is 9. The van der Waals surface area contributed by atoms with Crippen molar-refractivity contribution in [3.8, 4) is 17.4 Å². The Morgan fingerprint density at radius 3 is 2.84 bits per heavy atom. The van der Waals surface area contributed by atoms with E-state index >= 15 is 0 Å². The summed E-state index contributed by atoms with van der Waals surface area (Å²) in [5, 5.41) is 8.37. The van der Waals surface area contributed by atoms with E-state index in [0.29, 0.717) is 42.0 Å². The van der Waals surface area contributed by atoms with Gasteiger partial charge in [0.1, 0.15) is 21.8 Å². The van der Waals surface area contributed by atoms with E-state index in [9.17, 15) is 8.42 Å². The molecule has 1 aliphatic heterocycles. The summed E-state index contributed by atoms with van der Waals surface area (Å²) in [6.07, 6.45) is 4.08. The maximum Gasteiger partial charge on any atom is 0.266 e. The van der Waals surface area contributed by atoms with Crippen molar-refractivity contribution in [3.05, 3.63) is 47.9 Å². The molecule has 0 atom stereocenters. The van der Waals surface area contributed by atoms with Gasteiger partial charge < -0.3 is 18.7 Å². The van der Waals surface area contributed by atoms with Crippen LogP contribution in [0.2, 0.25) is 0 Å². The SMILES string of the molecule is COc1cc2c(cc1S(=O)(=O)Nc1noc3cc(Cn4cccn4)nc(OC)c13)CCO2. The number of nitrogens with zero attached hydrogens (tertiary/aromatic N) is 4. The normalized spacial score (nSPS) is 13.1. The molecular weight excluding hydrogens is 438 g/mol. The van der Waals surface area contributed by atoms with Gasteiger partial charge in [0.2, 0.25) is 5.88 Å². The Labute approximate surface area is 182 Å². The van der Waals surface area contributed by atoms with Gasteiger partial charge in [-0.05, 0) is 17.7 Å². The first-order valence-corrected chi connectivity index (χ1v) is 11.1. The largest absolute Gasteiger partial charge is 0.495 e. The van der Waals surface area contributed by atoms with E-state index in [4.69, 9.17) is 18.7 Å². The average Bonchev–Trinajstić information content (AvgIpc) is 3.53. The number of rotatable bonds is 7. The minimum absolute atomic E-state index is 0.0253. The fourth-order valence-electron chi connectivity index (χ4n) is 3.57. The molecule has 32 heavy (non-hydrogen) atoms. The lowest BCUT2D eigenvalue weighted by molar-refractivity contribution is 0.351. The Morgan fingerprint density at radius 1 is 1.22 bits per heavy atom. The Hall–Kier alpha value is -3.80. The number of hydrogen-bond donors (Lipinski definition) is 1. The van der Waals surface area contributed by atoms with Crippen LogP contribution in [0.5, 0.6) is 17.4 Å². The lowest BCUT2D eigenvalue weighted by atomic mass is 10.2. The predicted octanol–water partition coefficient (Wildman–Crippen LogP) is 2.22. The van der Waals surface area contributed by atoms with Crippen LogP contribution in [-0.2, 0) is 23.0 Å². The molecule has 0 fully saturated rings. The second-order valence-electron chi connectivity index (χ2n) is 7.05. The topological polar surface area (TPSA) is 131 Å². The van der Waals surface area contributed by atoms with Gasteiger partial charge in [0.15, 0.2) is 11.4 Å². The van der Waals surface area contributed by atoms with E-state index in [1.807, 2.05) is 0 Å². The molecule has 0 amide bonds. The van der Waals surface area contributed by atoms with E-state index in [1.165, 1.54) is 14.2 Å². The quantitative estimate of drug-likeness (QED) is 0.444. The van der Waals surface area contributed by atoms with E-state index in [1.54, 1.807) is 41.3 Å². The summed E-state index contributed by atoms with van der Waals surface area (Å²) in [4.78, 5) is 4.43. The molecule has 0 radical (unpaired) electrons. The predicted molar refractivity (Wildman–Crippen MR) is 113 cm³/mol. The molecule has 5 rings (SSSR count). The van der Waals surface area contributed by atoms with Crippen LogP contribution >= 0.6 is 0 Å². The maximum atomic E-state index is 13.2. The zero-order valence-electron chi connectivity index (χ0n) is 17.2. The summed E-state index contributed by atoms with van der Waals surface area (Å²) >= 11 is 0. The zero-order chi connectivity index (χ0) is 22.3. The second-order valence-corrected chi connectivity index (χ2v) is 8.70. The van der Waals surface area contributed by atoms with Crippen molar-refractivity contribution in [1.29, 1.82) is 0 Å². The number of fused-ring (bicyclic) bond motifs is 2. The van der Waals surface area contributed by atoms with Crippen LogP contribution in [0, 0.1) is 0 Å². The Balaban J connectivity index is 1.53. The highest BCUT2D eigenvalue weighted by atomic mass is 32.2. The highest BCUT2D eigenvalue weighted by Gasteiger charge is 2.28. The van der Waals surface area contributed by atoms with Crippen molar-refractivity contribution in [1.82, 2.24) is 19.9 Å². The van der Waals surface area contributed by atoms with Crippen LogP contribution in [-0.4, -0.2) is 49.2 Å². The van der Waals surface area contributed by atoms with Crippen LogP contribution in [0.4, 0.5) is 5.82 Å². The first kappa shape index (κ1) is 20.1. The molecule has 1 aromatic carbocycles. The Bertz CT molecular complexity index is 1400. The van der Waals surface area contributed by atoms with Crippen LogP contribution in [0.25, 0.3) is 11.0 Å². The van der Waals surface area contributed by atoms with E-state index in [2.05, 4.69) is 20.0 Å². The average molecular weight is 457 g/mol. The van der Waals surface area contributed by atoms with E-state index < -0.39 is 10.0 Å². The minimum atomic E-state index is -4.07. The molecule has 0 unspecified atom stereocenters. The fraction of sp³-hybridized carbons (Fsp3) is 0.250. The van der Waals surface area contributed by atoms with Gasteiger partial charge in [-0.25, -0.2) is 13.4 Å². The number of ether oxygens (including phenoxy) is 3. The van der Waals surface area contributed by atoms with E-state index in [-0.39, 0.29) is 22.3 Å². The highest BCUT2D eigenvalue weighted by molar-refractivity contribution is 7.92. The van der Waals surface area contributed by atoms with Crippen molar-refractivity contribution < 1.29 is 27.2 Å².